The second kappa shape index (κ2) is 8.20. The Bertz CT molecular complexity index is 598. The lowest BCUT2D eigenvalue weighted by Crippen LogP contribution is -2.25. The van der Waals surface area contributed by atoms with Crippen LogP contribution in [-0.4, -0.2) is 12.5 Å². The summed E-state index contributed by atoms with van der Waals surface area (Å²) >= 11 is 9.27. The maximum absolute atomic E-state index is 11.8. The molecule has 0 spiro atoms. The molecule has 0 unspecified atom stereocenters. The zero-order valence-electron chi connectivity index (χ0n) is 11.6. The molecule has 0 aliphatic heterocycles. The van der Waals surface area contributed by atoms with Gasteiger partial charge in [-0.15, -0.1) is 0 Å². The Morgan fingerprint density at radius 2 is 1.81 bits per heavy atom. The summed E-state index contributed by atoms with van der Waals surface area (Å²) in [6, 6.07) is 15.7. The topological polar surface area (TPSA) is 29.1 Å². The minimum absolute atomic E-state index is 0.0870. The number of nitrogens with one attached hydrogen (secondary N) is 1. The van der Waals surface area contributed by atoms with Crippen molar-refractivity contribution in [3.8, 4) is 0 Å². The van der Waals surface area contributed by atoms with Gasteiger partial charge in [-0.25, -0.2) is 0 Å². The highest BCUT2D eigenvalue weighted by Crippen LogP contribution is 2.13. The molecule has 2 nitrogen and oxygen atoms in total. The molecule has 1 N–H and O–H groups in total. The van der Waals surface area contributed by atoms with Gasteiger partial charge < -0.3 is 5.32 Å². The van der Waals surface area contributed by atoms with Crippen LogP contribution in [0.4, 0.5) is 0 Å². The summed E-state index contributed by atoms with van der Waals surface area (Å²) in [5.41, 5.74) is 2.34. The number of rotatable bonds is 6. The van der Waals surface area contributed by atoms with Crippen LogP contribution in [0, 0.1) is 0 Å². The molecule has 2 rings (SSSR count). The minimum Gasteiger partial charge on any atom is -0.356 e. The maximum Gasteiger partial charge on any atom is 0.220 e. The number of amides is 1. The highest BCUT2D eigenvalue weighted by atomic mass is 79.9. The average molecular weight is 367 g/mol. The molecular formula is C17H17BrClNO. The normalized spacial score (nSPS) is 10.4. The predicted octanol–water partition coefficient (Wildman–Crippen LogP) is 4.39. The summed E-state index contributed by atoms with van der Waals surface area (Å²) in [5.74, 6) is 0.0870. The van der Waals surface area contributed by atoms with Crippen molar-refractivity contribution in [3.63, 3.8) is 0 Å². The van der Waals surface area contributed by atoms with Crippen molar-refractivity contribution in [2.45, 2.75) is 19.3 Å². The van der Waals surface area contributed by atoms with Crippen LogP contribution in [0.1, 0.15) is 17.5 Å². The van der Waals surface area contributed by atoms with Gasteiger partial charge in [-0.1, -0.05) is 51.8 Å². The van der Waals surface area contributed by atoms with Crippen molar-refractivity contribution in [1.29, 1.82) is 0 Å². The largest absolute Gasteiger partial charge is 0.356 e. The minimum atomic E-state index is 0.0870. The number of carbonyl (C=O) groups excluding carboxylic acids is 1. The molecule has 0 aliphatic carbocycles. The van der Waals surface area contributed by atoms with Gasteiger partial charge in [0, 0.05) is 22.5 Å². The van der Waals surface area contributed by atoms with E-state index < -0.39 is 0 Å². The van der Waals surface area contributed by atoms with E-state index in [-0.39, 0.29) is 5.91 Å². The fraction of sp³-hybridized carbons (Fsp3) is 0.235. The molecule has 21 heavy (non-hydrogen) atoms. The van der Waals surface area contributed by atoms with Gasteiger partial charge in [0.05, 0.1) is 0 Å². The summed E-state index contributed by atoms with van der Waals surface area (Å²) < 4.78 is 1.04. The van der Waals surface area contributed by atoms with E-state index in [0.717, 1.165) is 27.9 Å². The van der Waals surface area contributed by atoms with Crippen LogP contribution in [-0.2, 0) is 17.6 Å². The molecule has 4 heteroatoms. The third-order valence-electron chi connectivity index (χ3n) is 3.18. The van der Waals surface area contributed by atoms with Crippen LogP contribution in [0.15, 0.2) is 53.0 Å². The highest BCUT2D eigenvalue weighted by molar-refractivity contribution is 9.10. The Labute approximate surface area is 138 Å². The molecular weight excluding hydrogens is 350 g/mol. The van der Waals surface area contributed by atoms with Crippen molar-refractivity contribution >= 4 is 33.4 Å². The van der Waals surface area contributed by atoms with Gasteiger partial charge in [0.15, 0.2) is 0 Å². The molecule has 0 saturated carbocycles. The number of hydrogen-bond acceptors (Lipinski definition) is 1. The SMILES string of the molecule is O=C(CCc1cccc(Br)c1)NCCc1ccc(Cl)cc1. The van der Waals surface area contributed by atoms with Crippen LogP contribution in [0.25, 0.3) is 0 Å². The van der Waals surface area contributed by atoms with E-state index in [4.69, 9.17) is 11.6 Å². The molecule has 110 valence electrons. The fourth-order valence-electron chi connectivity index (χ4n) is 2.04. The third-order valence-corrected chi connectivity index (χ3v) is 3.92. The van der Waals surface area contributed by atoms with E-state index >= 15 is 0 Å². The Kier molecular flexibility index (Phi) is 6.27. The third kappa shape index (κ3) is 5.90. The van der Waals surface area contributed by atoms with Gasteiger partial charge in [0.25, 0.3) is 0 Å². The molecule has 0 aromatic heterocycles. The van der Waals surface area contributed by atoms with Gasteiger partial charge in [-0.2, -0.15) is 0 Å². The van der Waals surface area contributed by atoms with E-state index in [0.29, 0.717) is 13.0 Å². The van der Waals surface area contributed by atoms with E-state index in [2.05, 4.69) is 21.2 Å². The first-order chi connectivity index (χ1) is 10.1. The van der Waals surface area contributed by atoms with E-state index in [1.54, 1.807) is 0 Å². The van der Waals surface area contributed by atoms with Crippen molar-refractivity contribution in [3.05, 3.63) is 69.2 Å². The highest BCUT2D eigenvalue weighted by Gasteiger charge is 2.02. The number of hydrogen-bond donors (Lipinski definition) is 1. The van der Waals surface area contributed by atoms with Crippen LogP contribution < -0.4 is 5.32 Å². The van der Waals surface area contributed by atoms with Gasteiger partial charge in [0.2, 0.25) is 5.91 Å². The monoisotopic (exact) mass is 365 g/mol. The lowest BCUT2D eigenvalue weighted by atomic mass is 10.1. The Morgan fingerprint density at radius 3 is 2.52 bits per heavy atom. The number of benzene rings is 2. The number of halogens is 2. The fourth-order valence-corrected chi connectivity index (χ4v) is 2.61. The summed E-state index contributed by atoms with van der Waals surface area (Å²) in [4.78, 5) is 11.8. The van der Waals surface area contributed by atoms with Gasteiger partial charge in [-0.3, -0.25) is 4.79 Å². The summed E-state index contributed by atoms with van der Waals surface area (Å²) in [6.45, 7) is 0.652. The average Bonchev–Trinajstić information content (AvgIpc) is 2.47. The smallest absolute Gasteiger partial charge is 0.220 e. The van der Waals surface area contributed by atoms with E-state index in [1.165, 1.54) is 5.56 Å². The van der Waals surface area contributed by atoms with E-state index in [1.807, 2.05) is 48.5 Å². The Hall–Kier alpha value is -1.32. The molecule has 0 radical (unpaired) electrons. The Morgan fingerprint density at radius 1 is 1.05 bits per heavy atom. The van der Waals surface area contributed by atoms with Crippen molar-refractivity contribution in [2.75, 3.05) is 6.54 Å². The standard InChI is InChI=1S/C17H17BrClNO/c18-15-3-1-2-14(12-15)6-9-17(21)20-11-10-13-4-7-16(19)8-5-13/h1-5,7-8,12H,6,9-11H2,(H,20,21). The zero-order valence-corrected chi connectivity index (χ0v) is 14.0. The van der Waals surface area contributed by atoms with Gasteiger partial charge in [0.1, 0.15) is 0 Å². The number of aryl methyl sites for hydroxylation is 1. The lowest BCUT2D eigenvalue weighted by Gasteiger charge is -2.06. The predicted molar refractivity (Wildman–Crippen MR) is 90.6 cm³/mol. The molecule has 1 amide bonds. The quantitative estimate of drug-likeness (QED) is 0.807. The Balaban J connectivity index is 1.69. The van der Waals surface area contributed by atoms with Crippen molar-refractivity contribution in [1.82, 2.24) is 5.32 Å². The first kappa shape index (κ1) is 16.1. The lowest BCUT2D eigenvalue weighted by molar-refractivity contribution is -0.121. The molecule has 2 aromatic rings. The second-order valence-electron chi connectivity index (χ2n) is 4.86. The van der Waals surface area contributed by atoms with Crippen LogP contribution >= 0.6 is 27.5 Å². The number of carbonyl (C=O) groups is 1. The summed E-state index contributed by atoms with van der Waals surface area (Å²) in [5, 5.41) is 3.68. The molecule has 0 atom stereocenters. The molecule has 0 aliphatic rings. The van der Waals surface area contributed by atoms with Crippen LogP contribution in [0.3, 0.4) is 0 Å². The van der Waals surface area contributed by atoms with Crippen LogP contribution in [0.2, 0.25) is 5.02 Å². The van der Waals surface area contributed by atoms with Crippen molar-refractivity contribution in [2.24, 2.45) is 0 Å². The van der Waals surface area contributed by atoms with Crippen molar-refractivity contribution < 1.29 is 4.79 Å². The summed E-state index contributed by atoms with van der Waals surface area (Å²) in [6.07, 6.45) is 2.09. The summed E-state index contributed by atoms with van der Waals surface area (Å²) in [7, 11) is 0. The maximum atomic E-state index is 11.8. The molecule has 0 fully saturated rings. The molecule has 0 saturated heterocycles. The second-order valence-corrected chi connectivity index (χ2v) is 6.21. The molecule has 0 heterocycles. The van der Waals surface area contributed by atoms with Crippen LogP contribution in [0.5, 0.6) is 0 Å². The van der Waals surface area contributed by atoms with E-state index in [9.17, 15) is 4.79 Å². The van der Waals surface area contributed by atoms with Gasteiger partial charge >= 0.3 is 0 Å². The molecule has 2 aromatic carbocycles. The first-order valence-electron chi connectivity index (χ1n) is 6.89. The first-order valence-corrected chi connectivity index (χ1v) is 8.06. The van der Waals surface area contributed by atoms with Gasteiger partial charge in [-0.05, 0) is 48.2 Å². The molecule has 0 bridgehead atoms. The zero-order chi connectivity index (χ0) is 15.1.